The minimum absolute atomic E-state index is 0.00931. The summed E-state index contributed by atoms with van der Waals surface area (Å²) in [5.74, 6) is -0.376. The van der Waals surface area contributed by atoms with E-state index >= 15 is 0 Å². The second-order valence-electron chi connectivity index (χ2n) is 9.96. The highest BCUT2D eigenvalue weighted by atomic mass is 16.6. The number of nitrogens with one attached hydrogen (secondary N) is 1. The van der Waals surface area contributed by atoms with E-state index in [9.17, 15) is 4.79 Å². The molecule has 2 saturated heterocycles. The maximum Gasteiger partial charge on any atom is 0.331 e. The molecule has 2 N–H and O–H groups in total. The third-order valence-electron chi connectivity index (χ3n) is 7.27. The predicted octanol–water partition coefficient (Wildman–Crippen LogP) is 3.72. The summed E-state index contributed by atoms with van der Waals surface area (Å²) in [5.41, 5.74) is 2.49. The molecule has 0 amide bonds. The SMILES string of the molecule is CO[C@@H]1[C@H](OC(=O)/C=C/c2ccc(NCCO)cc2)CC[C@]2(CO2)[C@H]1[C@]1(C)O[C@H]1CC=C(C)C. The lowest BCUT2D eigenvalue weighted by Gasteiger charge is -2.42. The standard InChI is InChI=1S/C27H37NO6/c1-18(2)5-11-22-26(3,34-22)25-24(31-4)21(13-14-27(25)17-32-27)33-23(30)12-8-19-6-9-20(10-7-19)28-15-16-29/h5-10,12,21-22,24-25,28-29H,11,13-17H2,1-4H3/b12-8+/t21-,22+,24-,25-,26-,27+/m1/s1. The van der Waals surface area contributed by atoms with Crippen molar-refractivity contribution >= 4 is 17.7 Å². The molecule has 1 spiro atoms. The van der Waals surface area contributed by atoms with Gasteiger partial charge in [-0.2, -0.15) is 0 Å². The minimum Gasteiger partial charge on any atom is -0.456 e. The highest BCUT2D eigenvalue weighted by molar-refractivity contribution is 5.87. The van der Waals surface area contributed by atoms with Gasteiger partial charge < -0.3 is 29.4 Å². The molecule has 2 aliphatic heterocycles. The molecule has 0 unspecified atom stereocenters. The number of hydrogen-bond donors (Lipinski definition) is 2. The molecule has 7 nitrogen and oxygen atoms in total. The number of anilines is 1. The zero-order valence-electron chi connectivity index (χ0n) is 20.6. The van der Waals surface area contributed by atoms with Gasteiger partial charge in [0, 0.05) is 25.4 Å². The number of carbonyl (C=O) groups excluding carboxylic acids is 1. The molecule has 1 aliphatic carbocycles. The van der Waals surface area contributed by atoms with Gasteiger partial charge in [-0.15, -0.1) is 0 Å². The number of esters is 1. The van der Waals surface area contributed by atoms with E-state index in [2.05, 4.69) is 32.2 Å². The molecule has 4 rings (SSSR count). The highest BCUT2D eigenvalue weighted by Crippen LogP contribution is 2.59. The molecule has 1 aromatic carbocycles. The van der Waals surface area contributed by atoms with E-state index in [1.807, 2.05) is 24.3 Å². The molecular weight excluding hydrogens is 434 g/mol. The van der Waals surface area contributed by atoms with Crippen molar-refractivity contribution in [3.63, 3.8) is 0 Å². The molecule has 3 aliphatic rings. The first-order chi connectivity index (χ1) is 16.3. The first-order valence-corrected chi connectivity index (χ1v) is 12.1. The number of aliphatic hydroxyl groups is 1. The number of ether oxygens (including phenoxy) is 4. The number of hydrogen-bond acceptors (Lipinski definition) is 7. The fourth-order valence-electron chi connectivity index (χ4n) is 5.34. The van der Waals surface area contributed by atoms with E-state index in [4.69, 9.17) is 24.1 Å². The smallest absolute Gasteiger partial charge is 0.331 e. The molecule has 0 bridgehead atoms. The van der Waals surface area contributed by atoms with Gasteiger partial charge in [-0.3, -0.25) is 0 Å². The van der Waals surface area contributed by atoms with Crippen molar-refractivity contribution in [2.75, 3.05) is 32.2 Å². The number of rotatable bonds is 10. The normalized spacial score (nSPS) is 34.1. The molecule has 34 heavy (non-hydrogen) atoms. The first kappa shape index (κ1) is 24.9. The fourth-order valence-corrected chi connectivity index (χ4v) is 5.34. The summed E-state index contributed by atoms with van der Waals surface area (Å²) in [5, 5.41) is 12.0. The summed E-state index contributed by atoms with van der Waals surface area (Å²) in [7, 11) is 1.68. The number of methoxy groups -OCH3 is 1. The van der Waals surface area contributed by atoms with Crippen molar-refractivity contribution in [3.8, 4) is 0 Å². The Morgan fingerprint density at radius 1 is 1.29 bits per heavy atom. The van der Waals surface area contributed by atoms with E-state index in [-0.39, 0.29) is 48.0 Å². The number of carbonyl (C=O) groups is 1. The minimum atomic E-state index is -0.385. The maximum atomic E-state index is 12.7. The van der Waals surface area contributed by atoms with Crippen LogP contribution in [0.1, 0.15) is 45.6 Å². The van der Waals surface area contributed by atoms with Crippen LogP contribution >= 0.6 is 0 Å². The van der Waals surface area contributed by atoms with Crippen LogP contribution in [0.2, 0.25) is 0 Å². The van der Waals surface area contributed by atoms with Crippen molar-refractivity contribution in [1.82, 2.24) is 0 Å². The lowest BCUT2D eigenvalue weighted by molar-refractivity contribution is -0.166. The average Bonchev–Trinajstić information content (AvgIpc) is 3.74. The zero-order valence-corrected chi connectivity index (χ0v) is 20.6. The molecule has 6 atom stereocenters. The lowest BCUT2D eigenvalue weighted by Crippen LogP contribution is -2.55. The third kappa shape index (κ3) is 5.38. The van der Waals surface area contributed by atoms with Gasteiger partial charge >= 0.3 is 5.97 Å². The number of aliphatic hydroxyl groups excluding tert-OH is 1. The van der Waals surface area contributed by atoms with Gasteiger partial charge in [0.15, 0.2) is 0 Å². The van der Waals surface area contributed by atoms with Crippen LogP contribution in [0, 0.1) is 5.92 Å². The largest absolute Gasteiger partial charge is 0.456 e. The summed E-state index contributed by atoms with van der Waals surface area (Å²) in [6.07, 6.45) is 7.29. The molecular formula is C27H37NO6. The third-order valence-corrected chi connectivity index (χ3v) is 7.27. The van der Waals surface area contributed by atoms with Crippen LogP contribution in [0.15, 0.2) is 42.0 Å². The Morgan fingerprint density at radius 3 is 2.65 bits per heavy atom. The Labute approximate surface area is 202 Å². The summed E-state index contributed by atoms with van der Waals surface area (Å²) in [6, 6.07) is 7.63. The van der Waals surface area contributed by atoms with Gasteiger partial charge in [-0.25, -0.2) is 4.79 Å². The van der Waals surface area contributed by atoms with Crippen molar-refractivity contribution < 1.29 is 28.8 Å². The molecule has 2 heterocycles. The van der Waals surface area contributed by atoms with E-state index in [1.54, 1.807) is 13.2 Å². The van der Waals surface area contributed by atoms with Crippen LogP contribution < -0.4 is 5.32 Å². The van der Waals surface area contributed by atoms with E-state index in [1.165, 1.54) is 11.6 Å². The zero-order chi connectivity index (χ0) is 24.3. The Hall–Kier alpha value is -2.19. The number of epoxide rings is 2. The first-order valence-electron chi connectivity index (χ1n) is 12.1. The maximum absolute atomic E-state index is 12.7. The van der Waals surface area contributed by atoms with E-state index < -0.39 is 0 Å². The Bertz CT molecular complexity index is 918. The molecule has 0 radical (unpaired) electrons. The quantitative estimate of drug-likeness (QED) is 0.232. The number of allylic oxidation sites excluding steroid dienone is 1. The fraction of sp³-hybridized carbons (Fsp3) is 0.593. The van der Waals surface area contributed by atoms with E-state index in [0.29, 0.717) is 19.6 Å². The van der Waals surface area contributed by atoms with Gasteiger partial charge in [-0.05, 0) is 63.8 Å². The van der Waals surface area contributed by atoms with Crippen LogP contribution in [0.4, 0.5) is 5.69 Å². The highest BCUT2D eigenvalue weighted by Gasteiger charge is 2.72. The molecule has 186 valence electrons. The van der Waals surface area contributed by atoms with Crippen LogP contribution in [-0.2, 0) is 23.7 Å². The Kier molecular flexibility index (Phi) is 7.48. The summed E-state index contributed by atoms with van der Waals surface area (Å²) >= 11 is 0. The lowest BCUT2D eigenvalue weighted by atomic mass is 9.68. The van der Waals surface area contributed by atoms with Crippen LogP contribution in [0.25, 0.3) is 6.08 Å². The predicted molar refractivity (Wildman–Crippen MR) is 130 cm³/mol. The van der Waals surface area contributed by atoms with Gasteiger partial charge in [0.25, 0.3) is 0 Å². The monoisotopic (exact) mass is 471 g/mol. The van der Waals surface area contributed by atoms with Gasteiger partial charge in [0.1, 0.15) is 23.4 Å². The van der Waals surface area contributed by atoms with Gasteiger partial charge in [0.2, 0.25) is 0 Å². The topological polar surface area (TPSA) is 92.9 Å². The van der Waals surface area contributed by atoms with Gasteiger partial charge in [0.05, 0.1) is 25.2 Å². The second kappa shape index (κ2) is 10.2. The summed E-state index contributed by atoms with van der Waals surface area (Å²) in [6.45, 7) is 7.60. The van der Waals surface area contributed by atoms with Crippen molar-refractivity contribution in [2.24, 2.45) is 5.92 Å². The molecule has 3 fully saturated rings. The van der Waals surface area contributed by atoms with Crippen molar-refractivity contribution in [2.45, 2.75) is 69.5 Å². The van der Waals surface area contributed by atoms with Crippen molar-refractivity contribution in [1.29, 1.82) is 0 Å². The number of benzene rings is 1. The van der Waals surface area contributed by atoms with Gasteiger partial charge in [-0.1, -0.05) is 23.8 Å². The average molecular weight is 472 g/mol. The molecule has 1 aromatic rings. The second-order valence-corrected chi connectivity index (χ2v) is 9.96. The van der Waals surface area contributed by atoms with Crippen molar-refractivity contribution in [3.05, 3.63) is 47.6 Å². The van der Waals surface area contributed by atoms with E-state index in [0.717, 1.165) is 24.1 Å². The van der Waals surface area contributed by atoms with Crippen LogP contribution in [0.3, 0.4) is 0 Å². The Balaban J connectivity index is 1.39. The Morgan fingerprint density at radius 2 is 2.03 bits per heavy atom. The molecule has 7 heteroatoms. The summed E-state index contributed by atoms with van der Waals surface area (Å²) < 4.78 is 24.0. The van der Waals surface area contributed by atoms with Crippen LogP contribution in [0.5, 0.6) is 0 Å². The molecule has 1 saturated carbocycles. The molecule has 0 aromatic heterocycles. The van der Waals surface area contributed by atoms with Crippen LogP contribution in [-0.4, -0.2) is 67.5 Å². The summed E-state index contributed by atoms with van der Waals surface area (Å²) in [4.78, 5) is 12.7.